The highest BCUT2D eigenvalue weighted by Gasteiger charge is 2.06. The lowest BCUT2D eigenvalue weighted by atomic mass is 9.98. The number of carbonyl (C=O) groups is 1. The number of rotatable bonds is 4. The van der Waals surface area contributed by atoms with Crippen molar-refractivity contribution in [3.05, 3.63) is 53.6 Å². The average Bonchev–Trinajstić information content (AvgIpc) is 2.46. The van der Waals surface area contributed by atoms with Crippen LogP contribution < -0.4 is 4.74 Å². The lowest BCUT2D eigenvalue weighted by Crippen LogP contribution is -1.92. The monoisotopic (exact) mass is 242 g/mol. The Morgan fingerprint density at radius 1 is 1.22 bits per heavy atom. The third-order valence-corrected chi connectivity index (χ3v) is 2.82. The van der Waals surface area contributed by atoms with Gasteiger partial charge in [-0.1, -0.05) is 24.3 Å². The van der Waals surface area contributed by atoms with E-state index >= 15 is 0 Å². The normalized spacial score (nSPS) is 10.1. The molecule has 0 aliphatic heterocycles. The molecule has 0 saturated heterocycles. The SMILES string of the molecule is COc1cccc(-c2cc(C=O)ccc2CO)c1. The molecule has 0 aromatic heterocycles. The smallest absolute Gasteiger partial charge is 0.150 e. The Bertz CT molecular complexity index is 561. The zero-order valence-electron chi connectivity index (χ0n) is 10.1. The number of hydrogen-bond donors (Lipinski definition) is 1. The fraction of sp³-hybridized carbons (Fsp3) is 0.133. The Morgan fingerprint density at radius 3 is 2.72 bits per heavy atom. The minimum absolute atomic E-state index is 0.0638. The van der Waals surface area contributed by atoms with Crippen LogP contribution in [0.5, 0.6) is 5.75 Å². The van der Waals surface area contributed by atoms with Gasteiger partial charge in [0, 0.05) is 5.56 Å². The van der Waals surface area contributed by atoms with E-state index in [2.05, 4.69) is 0 Å². The molecule has 0 saturated carbocycles. The van der Waals surface area contributed by atoms with Crippen LogP contribution in [-0.2, 0) is 6.61 Å². The predicted octanol–water partition coefficient (Wildman–Crippen LogP) is 2.67. The first kappa shape index (κ1) is 12.3. The van der Waals surface area contributed by atoms with Crippen LogP contribution in [0.3, 0.4) is 0 Å². The molecular weight excluding hydrogens is 228 g/mol. The summed E-state index contributed by atoms with van der Waals surface area (Å²) in [5.74, 6) is 0.743. The minimum Gasteiger partial charge on any atom is -0.497 e. The van der Waals surface area contributed by atoms with Crippen LogP contribution >= 0.6 is 0 Å². The molecule has 2 aromatic carbocycles. The van der Waals surface area contributed by atoms with E-state index in [-0.39, 0.29) is 6.61 Å². The summed E-state index contributed by atoms with van der Waals surface area (Å²) in [6.45, 7) is -0.0638. The molecular formula is C15H14O3. The predicted molar refractivity (Wildman–Crippen MR) is 69.7 cm³/mol. The Balaban J connectivity index is 2.56. The second-order valence-electron chi connectivity index (χ2n) is 3.92. The van der Waals surface area contributed by atoms with Crippen molar-refractivity contribution >= 4 is 6.29 Å². The van der Waals surface area contributed by atoms with Crippen LogP contribution in [0.2, 0.25) is 0 Å². The average molecular weight is 242 g/mol. The first-order chi connectivity index (χ1) is 8.78. The first-order valence-corrected chi connectivity index (χ1v) is 5.62. The molecule has 2 rings (SSSR count). The molecule has 0 atom stereocenters. The highest BCUT2D eigenvalue weighted by molar-refractivity contribution is 5.80. The maximum absolute atomic E-state index is 10.8. The van der Waals surface area contributed by atoms with Gasteiger partial charge in [-0.25, -0.2) is 0 Å². The van der Waals surface area contributed by atoms with Gasteiger partial charge in [0.1, 0.15) is 12.0 Å². The molecule has 0 aliphatic rings. The van der Waals surface area contributed by atoms with E-state index < -0.39 is 0 Å². The zero-order chi connectivity index (χ0) is 13.0. The van der Waals surface area contributed by atoms with E-state index in [1.807, 2.05) is 24.3 Å². The number of aliphatic hydroxyl groups is 1. The van der Waals surface area contributed by atoms with Crippen LogP contribution in [0.1, 0.15) is 15.9 Å². The second kappa shape index (κ2) is 5.47. The highest BCUT2D eigenvalue weighted by Crippen LogP contribution is 2.27. The van der Waals surface area contributed by atoms with E-state index in [9.17, 15) is 9.90 Å². The molecule has 0 amide bonds. The van der Waals surface area contributed by atoms with E-state index in [1.54, 1.807) is 25.3 Å². The maximum Gasteiger partial charge on any atom is 0.150 e. The number of benzene rings is 2. The van der Waals surface area contributed by atoms with Crippen molar-refractivity contribution < 1.29 is 14.6 Å². The topological polar surface area (TPSA) is 46.5 Å². The molecule has 0 aliphatic carbocycles. The van der Waals surface area contributed by atoms with Gasteiger partial charge in [-0.2, -0.15) is 0 Å². The Kier molecular flexibility index (Phi) is 3.75. The number of aldehydes is 1. The van der Waals surface area contributed by atoms with E-state index in [4.69, 9.17) is 4.74 Å². The van der Waals surface area contributed by atoms with Crippen molar-refractivity contribution in [1.82, 2.24) is 0 Å². The summed E-state index contributed by atoms with van der Waals surface area (Å²) in [6.07, 6.45) is 0.796. The fourth-order valence-corrected chi connectivity index (χ4v) is 1.86. The van der Waals surface area contributed by atoms with Gasteiger partial charge in [0.25, 0.3) is 0 Å². The van der Waals surface area contributed by atoms with Crippen molar-refractivity contribution in [2.45, 2.75) is 6.61 Å². The molecule has 1 N–H and O–H groups in total. The molecule has 0 heterocycles. The van der Waals surface area contributed by atoms with Crippen molar-refractivity contribution in [2.24, 2.45) is 0 Å². The Morgan fingerprint density at radius 2 is 2.06 bits per heavy atom. The van der Waals surface area contributed by atoms with E-state index in [0.717, 1.165) is 28.7 Å². The largest absolute Gasteiger partial charge is 0.497 e. The van der Waals surface area contributed by atoms with Gasteiger partial charge in [0.2, 0.25) is 0 Å². The molecule has 0 spiro atoms. The minimum atomic E-state index is -0.0638. The van der Waals surface area contributed by atoms with Crippen molar-refractivity contribution in [3.8, 4) is 16.9 Å². The molecule has 3 heteroatoms. The molecule has 2 aromatic rings. The number of carbonyl (C=O) groups excluding carboxylic acids is 1. The molecule has 0 unspecified atom stereocenters. The number of methoxy groups -OCH3 is 1. The summed E-state index contributed by atoms with van der Waals surface area (Å²) < 4.78 is 5.17. The van der Waals surface area contributed by atoms with Gasteiger partial charge in [-0.3, -0.25) is 4.79 Å². The first-order valence-electron chi connectivity index (χ1n) is 5.62. The lowest BCUT2D eigenvalue weighted by molar-refractivity contribution is 0.112. The molecule has 0 fully saturated rings. The number of aliphatic hydroxyl groups excluding tert-OH is 1. The van der Waals surface area contributed by atoms with Crippen LogP contribution in [0.25, 0.3) is 11.1 Å². The quantitative estimate of drug-likeness (QED) is 0.838. The summed E-state index contributed by atoms with van der Waals surface area (Å²) >= 11 is 0. The number of hydrogen-bond acceptors (Lipinski definition) is 3. The zero-order valence-corrected chi connectivity index (χ0v) is 10.1. The second-order valence-corrected chi connectivity index (χ2v) is 3.92. The van der Waals surface area contributed by atoms with Gasteiger partial charge >= 0.3 is 0 Å². The summed E-state index contributed by atoms with van der Waals surface area (Å²) in [5, 5.41) is 9.35. The summed E-state index contributed by atoms with van der Waals surface area (Å²) in [4.78, 5) is 10.8. The van der Waals surface area contributed by atoms with Crippen LogP contribution in [0.15, 0.2) is 42.5 Å². The van der Waals surface area contributed by atoms with Gasteiger partial charge in [0.15, 0.2) is 0 Å². The van der Waals surface area contributed by atoms with Crippen LogP contribution in [-0.4, -0.2) is 18.5 Å². The van der Waals surface area contributed by atoms with Crippen LogP contribution in [0.4, 0.5) is 0 Å². The van der Waals surface area contributed by atoms with E-state index in [0.29, 0.717) is 5.56 Å². The highest BCUT2D eigenvalue weighted by atomic mass is 16.5. The standard InChI is InChI=1S/C15H14O3/c1-18-14-4-2-3-12(8-14)15-7-11(9-16)5-6-13(15)10-17/h2-9,17H,10H2,1H3. The third-order valence-electron chi connectivity index (χ3n) is 2.82. The molecule has 92 valence electrons. The van der Waals surface area contributed by atoms with Crippen molar-refractivity contribution in [1.29, 1.82) is 0 Å². The van der Waals surface area contributed by atoms with E-state index in [1.165, 1.54) is 0 Å². The molecule has 3 nitrogen and oxygen atoms in total. The summed E-state index contributed by atoms with van der Waals surface area (Å²) in [6, 6.07) is 12.8. The summed E-state index contributed by atoms with van der Waals surface area (Å²) in [5.41, 5.74) is 3.14. The Labute approximate surface area is 106 Å². The van der Waals surface area contributed by atoms with Crippen molar-refractivity contribution in [3.63, 3.8) is 0 Å². The van der Waals surface area contributed by atoms with Crippen LogP contribution in [0, 0.1) is 0 Å². The van der Waals surface area contributed by atoms with Gasteiger partial charge in [-0.15, -0.1) is 0 Å². The van der Waals surface area contributed by atoms with Gasteiger partial charge in [-0.05, 0) is 34.9 Å². The summed E-state index contributed by atoms with van der Waals surface area (Å²) in [7, 11) is 1.61. The molecule has 0 bridgehead atoms. The van der Waals surface area contributed by atoms with Crippen molar-refractivity contribution in [2.75, 3.05) is 7.11 Å². The van der Waals surface area contributed by atoms with Gasteiger partial charge < -0.3 is 9.84 Å². The molecule has 18 heavy (non-hydrogen) atoms. The molecule has 0 radical (unpaired) electrons. The lowest BCUT2D eigenvalue weighted by Gasteiger charge is -2.09. The van der Waals surface area contributed by atoms with Gasteiger partial charge in [0.05, 0.1) is 13.7 Å². The third kappa shape index (κ3) is 2.41. The maximum atomic E-state index is 10.8. The number of ether oxygens (including phenoxy) is 1. The Hall–Kier alpha value is -2.13. The fourth-order valence-electron chi connectivity index (χ4n) is 1.86.